The van der Waals surface area contributed by atoms with Crippen LogP contribution in [0.5, 0.6) is 0 Å². The fraction of sp³-hybridized carbons (Fsp3) is 0. The van der Waals surface area contributed by atoms with E-state index in [9.17, 15) is 0 Å². The van der Waals surface area contributed by atoms with Gasteiger partial charge in [0.25, 0.3) is 0 Å². The van der Waals surface area contributed by atoms with Gasteiger partial charge in [0.15, 0.2) is 0 Å². The van der Waals surface area contributed by atoms with Crippen LogP contribution in [0.1, 0.15) is 0 Å². The minimum absolute atomic E-state index is 0.831. The van der Waals surface area contributed by atoms with Gasteiger partial charge in [-0.25, -0.2) is 9.97 Å². The van der Waals surface area contributed by atoms with Crippen molar-refractivity contribution in [3.8, 4) is 28.2 Å². The van der Waals surface area contributed by atoms with Crippen LogP contribution in [0.4, 0.5) is 0 Å². The molecule has 0 aliphatic rings. The first kappa shape index (κ1) is 25.1. The largest absolute Gasteiger partial charge is 0.279 e. The van der Waals surface area contributed by atoms with E-state index in [1.165, 1.54) is 38.2 Å². The molecule has 0 saturated heterocycles. The van der Waals surface area contributed by atoms with Crippen molar-refractivity contribution in [2.75, 3.05) is 0 Å². The lowest BCUT2D eigenvalue weighted by molar-refractivity contribution is 0.979. The summed E-state index contributed by atoms with van der Waals surface area (Å²) in [5.74, 6) is 0.831. The van der Waals surface area contributed by atoms with Crippen molar-refractivity contribution in [2.24, 2.45) is 0 Å². The maximum atomic E-state index is 5.32. The Bertz CT molecular complexity index is 2800. The molecule has 0 unspecified atom stereocenters. The Balaban J connectivity index is 1.20. The summed E-state index contributed by atoms with van der Waals surface area (Å²) < 4.78 is 4.53. The van der Waals surface area contributed by atoms with E-state index in [1.54, 1.807) is 0 Å². The van der Waals surface area contributed by atoms with Crippen molar-refractivity contribution in [1.29, 1.82) is 0 Å². The van der Waals surface area contributed by atoms with Gasteiger partial charge in [-0.3, -0.25) is 8.97 Å². The van der Waals surface area contributed by atoms with Crippen LogP contribution in [0.25, 0.3) is 88.4 Å². The topological polar surface area (TPSA) is 35.1 Å². The van der Waals surface area contributed by atoms with Crippen LogP contribution >= 0.6 is 0 Å². The molecular weight excluding hydrogens is 560 g/mol. The highest BCUT2D eigenvalue weighted by Gasteiger charge is 2.20. The highest BCUT2D eigenvalue weighted by molar-refractivity contribution is 6.10. The SMILES string of the molecule is c1ccc2cc(-c3ccc(-c4ccc5c6ccccc6n(-c6nc7ccccc7c7nc8ccccc8n67)c5c4)cc3)ccc2c1. The third-order valence-electron chi connectivity index (χ3n) is 9.30. The summed E-state index contributed by atoms with van der Waals surface area (Å²) in [5, 5.41) is 5.94. The zero-order valence-electron chi connectivity index (χ0n) is 24.8. The van der Waals surface area contributed by atoms with E-state index in [4.69, 9.17) is 9.97 Å². The number of nitrogens with zero attached hydrogens (tertiary/aromatic N) is 4. The molecule has 214 valence electrons. The van der Waals surface area contributed by atoms with E-state index in [0.29, 0.717) is 0 Å². The molecule has 7 aromatic carbocycles. The maximum Gasteiger partial charge on any atom is 0.221 e. The number of rotatable bonds is 3. The zero-order chi connectivity index (χ0) is 30.2. The zero-order valence-corrected chi connectivity index (χ0v) is 24.8. The first-order chi connectivity index (χ1) is 22.8. The van der Waals surface area contributed by atoms with Gasteiger partial charge >= 0.3 is 0 Å². The second-order valence-electron chi connectivity index (χ2n) is 11.9. The van der Waals surface area contributed by atoms with Crippen LogP contribution in [0.3, 0.4) is 0 Å². The fourth-order valence-corrected chi connectivity index (χ4v) is 7.07. The molecule has 46 heavy (non-hydrogen) atoms. The average Bonchev–Trinajstić information content (AvgIpc) is 3.68. The molecule has 0 saturated carbocycles. The van der Waals surface area contributed by atoms with E-state index in [1.807, 2.05) is 12.1 Å². The van der Waals surface area contributed by atoms with Crippen LogP contribution in [0.2, 0.25) is 0 Å². The van der Waals surface area contributed by atoms with Crippen LogP contribution in [0, 0.1) is 0 Å². The Morgan fingerprint density at radius 2 is 0.957 bits per heavy atom. The van der Waals surface area contributed by atoms with Crippen LogP contribution in [0.15, 0.2) is 158 Å². The summed E-state index contributed by atoms with van der Waals surface area (Å²) in [6.45, 7) is 0. The predicted octanol–water partition coefficient (Wildman–Crippen LogP) is 10.6. The van der Waals surface area contributed by atoms with Crippen molar-refractivity contribution in [2.45, 2.75) is 0 Å². The van der Waals surface area contributed by atoms with Crippen molar-refractivity contribution in [3.63, 3.8) is 0 Å². The van der Waals surface area contributed by atoms with Crippen molar-refractivity contribution < 1.29 is 0 Å². The molecule has 0 amide bonds. The first-order valence-corrected chi connectivity index (χ1v) is 15.6. The molecule has 0 spiro atoms. The van der Waals surface area contributed by atoms with Gasteiger partial charge in [-0.15, -0.1) is 0 Å². The third-order valence-corrected chi connectivity index (χ3v) is 9.30. The second-order valence-corrected chi connectivity index (χ2v) is 11.9. The second kappa shape index (κ2) is 9.62. The summed E-state index contributed by atoms with van der Waals surface area (Å²) in [6.07, 6.45) is 0. The standard InChI is InChI=1S/C42H26N4/c1-2-10-30-25-31(22-21-27(30)9-1)28-17-19-29(20-18-28)32-23-24-34-33-11-4-7-15-38(33)45(40(34)26-32)42-44-36-13-5-3-12-35(36)41-43-37-14-6-8-16-39(37)46(41)42/h1-26H. The van der Waals surface area contributed by atoms with E-state index in [2.05, 4.69) is 155 Å². The molecule has 0 N–H and O–H groups in total. The first-order valence-electron chi connectivity index (χ1n) is 15.6. The Kier molecular flexibility index (Phi) is 5.25. The highest BCUT2D eigenvalue weighted by Crippen LogP contribution is 2.37. The number of aromatic nitrogens is 4. The van der Waals surface area contributed by atoms with E-state index in [-0.39, 0.29) is 0 Å². The summed E-state index contributed by atoms with van der Waals surface area (Å²) in [6, 6.07) is 56.1. The van der Waals surface area contributed by atoms with Crippen molar-refractivity contribution in [3.05, 3.63) is 158 Å². The van der Waals surface area contributed by atoms with Gasteiger partial charge in [0.05, 0.1) is 27.6 Å². The molecular formula is C42H26N4. The van der Waals surface area contributed by atoms with Crippen LogP contribution < -0.4 is 0 Å². The summed E-state index contributed by atoms with van der Waals surface area (Å²) in [7, 11) is 0. The third kappa shape index (κ3) is 3.67. The molecule has 3 aromatic heterocycles. The minimum Gasteiger partial charge on any atom is -0.279 e. The summed E-state index contributed by atoms with van der Waals surface area (Å²) in [4.78, 5) is 10.4. The van der Waals surface area contributed by atoms with E-state index < -0.39 is 0 Å². The predicted molar refractivity (Wildman–Crippen MR) is 191 cm³/mol. The van der Waals surface area contributed by atoms with Gasteiger partial charge in [-0.05, 0) is 75.5 Å². The fourth-order valence-electron chi connectivity index (χ4n) is 7.07. The molecule has 0 radical (unpaired) electrons. The van der Waals surface area contributed by atoms with Crippen molar-refractivity contribution in [1.82, 2.24) is 18.9 Å². The molecule has 4 heteroatoms. The Morgan fingerprint density at radius 1 is 0.370 bits per heavy atom. The molecule has 4 nitrogen and oxygen atoms in total. The number of hydrogen-bond acceptors (Lipinski definition) is 2. The molecule has 0 aliphatic carbocycles. The van der Waals surface area contributed by atoms with Gasteiger partial charge in [0.2, 0.25) is 5.95 Å². The monoisotopic (exact) mass is 586 g/mol. The molecule has 0 bridgehead atoms. The number of imidazole rings is 1. The summed E-state index contributed by atoms with van der Waals surface area (Å²) >= 11 is 0. The van der Waals surface area contributed by atoms with Gasteiger partial charge in [-0.1, -0.05) is 115 Å². The lowest BCUT2D eigenvalue weighted by atomic mass is 9.98. The van der Waals surface area contributed by atoms with Crippen LogP contribution in [-0.4, -0.2) is 18.9 Å². The average molecular weight is 587 g/mol. The lowest BCUT2D eigenvalue weighted by Crippen LogP contribution is -2.06. The molecule has 3 heterocycles. The molecule has 10 rings (SSSR count). The Labute approximate surface area is 264 Å². The summed E-state index contributed by atoms with van der Waals surface area (Å²) in [5.41, 5.74) is 10.8. The normalized spacial score (nSPS) is 11.9. The van der Waals surface area contributed by atoms with Gasteiger partial charge in [0.1, 0.15) is 5.65 Å². The number of para-hydroxylation sites is 4. The van der Waals surface area contributed by atoms with Crippen LogP contribution in [-0.2, 0) is 0 Å². The molecule has 10 aromatic rings. The highest BCUT2D eigenvalue weighted by atomic mass is 15.2. The van der Waals surface area contributed by atoms with Gasteiger partial charge in [0, 0.05) is 16.2 Å². The lowest BCUT2D eigenvalue weighted by Gasteiger charge is -2.13. The van der Waals surface area contributed by atoms with E-state index >= 15 is 0 Å². The number of fused-ring (bicyclic) bond motifs is 9. The Morgan fingerprint density at radius 3 is 1.78 bits per heavy atom. The number of hydrogen-bond donors (Lipinski definition) is 0. The van der Waals surface area contributed by atoms with Crippen molar-refractivity contribution >= 4 is 60.2 Å². The molecule has 0 atom stereocenters. The minimum atomic E-state index is 0.831. The smallest absolute Gasteiger partial charge is 0.221 e. The number of benzene rings is 7. The van der Waals surface area contributed by atoms with E-state index in [0.717, 1.165) is 50.1 Å². The molecule has 0 aliphatic heterocycles. The van der Waals surface area contributed by atoms with Gasteiger partial charge < -0.3 is 0 Å². The Hall–Kier alpha value is -6.26. The quantitative estimate of drug-likeness (QED) is 0.206. The maximum absolute atomic E-state index is 5.32. The van der Waals surface area contributed by atoms with Gasteiger partial charge in [-0.2, -0.15) is 0 Å². The molecule has 0 fully saturated rings.